The summed E-state index contributed by atoms with van der Waals surface area (Å²) in [4.78, 5) is 21.6. The first-order valence-corrected chi connectivity index (χ1v) is 13.5. The van der Waals surface area contributed by atoms with Gasteiger partial charge in [0.25, 0.3) is 15.9 Å². The molecule has 8 nitrogen and oxygen atoms in total. The highest BCUT2D eigenvalue weighted by Gasteiger charge is 2.23. The molecule has 0 bridgehead atoms. The van der Waals surface area contributed by atoms with E-state index in [9.17, 15) is 13.2 Å². The molecule has 1 amide bonds. The summed E-state index contributed by atoms with van der Waals surface area (Å²) in [5, 5.41) is 0.745. The number of aromatic nitrogens is 1. The van der Waals surface area contributed by atoms with Crippen molar-refractivity contribution in [1.82, 2.24) is 14.8 Å². The molecule has 1 N–H and O–H groups in total. The van der Waals surface area contributed by atoms with Crippen LogP contribution < -0.4 is 9.46 Å². The third-order valence-electron chi connectivity index (χ3n) is 6.52. The van der Waals surface area contributed by atoms with Crippen molar-refractivity contribution in [1.29, 1.82) is 0 Å². The van der Waals surface area contributed by atoms with Crippen molar-refractivity contribution < 1.29 is 17.9 Å². The van der Waals surface area contributed by atoms with Crippen LogP contribution in [-0.4, -0.2) is 62.4 Å². The molecule has 190 valence electrons. The number of anilines is 1. The summed E-state index contributed by atoms with van der Waals surface area (Å²) in [6.45, 7) is 3.54. The SMILES string of the molecule is COc1ccccc1CN1CCN(C(=O)c2ccc(NS(=O)(=O)c3cccc4cccnc34)cc2)CC1. The molecule has 1 saturated heterocycles. The normalized spacial score (nSPS) is 14.5. The van der Waals surface area contributed by atoms with E-state index in [1.165, 1.54) is 6.07 Å². The monoisotopic (exact) mass is 516 g/mol. The predicted octanol–water partition coefficient (Wildman–Crippen LogP) is 4.00. The Kier molecular flexibility index (Phi) is 7.07. The first-order chi connectivity index (χ1) is 17.9. The van der Waals surface area contributed by atoms with Crippen LogP contribution in [0.3, 0.4) is 0 Å². The molecule has 0 unspecified atom stereocenters. The molecule has 1 aliphatic rings. The molecule has 1 aromatic heterocycles. The number of fused-ring (bicyclic) bond motifs is 1. The van der Waals surface area contributed by atoms with Gasteiger partial charge in [-0.1, -0.05) is 36.4 Å². The second-order valence-corrected chi connectivity index (χ2v) is 10.5. The Morgan fingerprint density at radius 1 is 0.919 bits per heavy atom. The van der Waals surface area contributed by atoms with Gasteiger partial charge in [0.15, 0.2) is 0 Å². The number of pyridine rings is 1. The van der Waals surface area contributed by atoms with Gasteiger partial charge in [-0.15, -0.1) is 0 Å². The van der Waals surface area contributed by atoms with E-state index in [-0.39, 0.29) is 10.8 Å². The average molecular weight is 517 g/mol. The molecule has 4 aromatic rings. The number of ether oxygens (including phenoxy) is 1. The molecule has 0 aliphatic carbocycles. The van der Waals surface area contributed by atoms with Crippen LogP contribution in [0.1, 0.15) is 15.9 Å². The van der Waals surface area contributed by atoms with Gasteiger partial charge in [-0.05, 0) is 42.5 Å². The number of piperazine rings is 1. The second-order valence-electron chi connectivity index (χ2n) is 8.89. The summed E-state index contributed by atoms with van der Waals surface area (Å²) >= 11 is 0. The summed E-state index contributed by atoms with van der Waals surface area (Å²) in [5.74, 6) is 0.804. The fraction of sp³-hybridized carbons (Fsp3) is 0.214. The largest absolute Gasteiger partial charge is 0.496 e. The molecule has 1 aliphatic heterocycles. The maximum atomic E-state index is 13.1. The summed E-state index contributed by atoms with van der Waals surface area (Å²) in [6, 6.07) is 23.1. The van der Waals surface area contributed by atoms with Gasteiger partial charge >= 0.3 is 0 Å². The fourth-order valence-corrected chi connectivity index (χ4v) is 5.79. The Morgan fingerprint density at radius 3 is 2.41 bits per heavy atom. The number of benzene rings is 3. The zero-order chi connectivity index (χ0) is 25.8. The Labute approximate surface area is 216 Å². The maximum absolute atomic E-state index is 13.1. The van der Waals surface area contributed by atoms with E-state index in [1.807, 2.05) is 35.2 Å². The molecule has 37 heavy (non-hydrogen) atoms. The first kappa shape index (κ1) is 24.7. The number of amides is 1. The summed E-state index contributed by atoms with van der Waals surface area (Å²) < 4.78 is 34.1. The molecule has 0 spiro atoms. The minimum atomic E-state index is -3.85. The van der Waals surface area contributed by atoms with E-state index in [1.54, 1.807) is 49.7 Å². The Morgan fingerprint density at radius 2 is 1.65 bits per heavy atom. The van der Waals surface area contributed by atoms with Crippen molar-refractivity contribution in [3.63, 3.8) is 0 Å². The molecule has 0 saturated carbocycles. The highest BCUT2D eigenvalue weighted by Crippen LogP contribution is 2.24. The highest BCUT2D eigenvalue weighted by atomic mass is 32.2. The van der Waals surface area contributed by atoms with E-state index in [0.29, 0.717) is 29.9 Å². The summed E-state index contributed by atoms with van der Waals surface area (Å²) in [5.41, 5.74) is 2.44. The molecular weight excluding hydrogens is 488 g/mol. The molecule has 0 radical (unpaired) electrons. The van der Waals surface area contributed by atoms with E-state index in [2.05, 4.69) is 20.7 Å². The van der Waals surface area contributed by atoms with Crippen LogP contribution in [0.25, 0.3) is 10.9 Å². The summed E-state index contributed by atoms with van der Waals surface area (Å²) in [7, 11) is -2.18. The van der Waals surface area contributed by atoms with Crippen LogP contribution in [0.15, 0.2) is 90.0 Å². The third-order valence-corrected chi connectivity index (χ3v) is 7.93. The fourth-order valence-electron chi connectivity index (χ4n) is 4.55. The van der Waals surface area contributed by atoms with Crippen molar-refractivity contribution in [2.75, 3.05) is 38.0 Å². The third kappa shape index (κ3) is 5.42. The van der Waals surface area contributed by atoms with Gasteiger partial charge in [0.1, 0.15) is 10.6 Å². The Balaban J connectivity index is 1.21. The van der Waals surface area contributed by atoms with Gasteiger partial charge in [0.2, 0.25) is 0 Å². The Hall–Kier alpha value is -3.95. The number of sulfonamides is 1. The molecule has 2 heterocycles. The van der Waals surface area contributed by atoms with Crippen molar-refractivity contribution in [2.24, 2.45) is 0 Å². The number of rotatable bonds is 7. The van der Waals surface area contributed by atoms with Crippen LogP contribution >= 0.6 is 0 Å². The number of hydrogen-bond acceptors (Lipinski definition) is 6. The maximum Gasteiger partial charge on any atom is 0.264 e. The number of nitrogens with one attached hydrogen (secondary N) is 1. The average Bonchev–Trinajstić information content (AvgIpc) is 2.93. The van der Waals surface area contributed by atoms with Crippen molar-refractivity contribution >= 4 is 32.5 Å². The van der Waals surface area contributed by atoms with Gasteiger partial charge in [0, 0.05) is 61.1 Å². The zero-order valence-electron chi connectivity index (χ0n) is 20.5. The van der Waals surface area contributed by atoms with Crippen molar-refractivity contribution in [2.45, 2.75) is 11.4 Å². The lowest BCUT2D eigenvalue weighted by Gasteiger charge is -2.35. The van der Waals surface area contributed by atoms with Crippen molar-refractivity contribution in [3.05, 3.63) is 96.2 Å². The number of carbonyl (C=O) groups is 1. The van der Waals surface area contributed by atoms with Crippen LogP contribution in [0.5, 0.6) is 5.75 Å². The standard InChI is InChI=1S/C28H28N4O4S/c1-36-25-9-3-2-6-23(25)20-31-16-18-32(19-17-31)28(33)22-11-13-24(14-12-22)30-37(34,35)26-10-4-7-21-8-5-15-29-27(21)26/h2-15,30H,16-20H2,1H3. The van der Waals surface area contributed by atoms with E-state index < -0.39 is 10.0 Å². The number of methoxy groups -OCH3 is 1. The Bertz CT molecular complexity index is 1510. The smallest absolute Gasteiger partial charge is 0.264 e. The van der Waals surface area contributed by atoms with Crippen LogP contribution in [-0.2, 0) is 16.6 Å². The molecule has 0 atom stereocenters. The van der Waals surface area contributed by atoms with E-state index in [0.717, 1.165) is 36.3 Å². The lowest BCUT2D eigenvalue weighted by molar-refractivity contribution is 0.0627. The lowest BCUT2D eigenvalue weighted by atomic mass is 10.1. The van der Waals surface area contributed by atoms with Crippen molar-refractivity contribution in [3.8, 4) is 5.75 Å². The molecule has 3 aromatic carbocycles. The summed E-state index contributed by atoms with van der Waals surface area (Å²) in [6.07, 6.45) is 1.57. The van der Waals surface area contributed by atoms with Gasteiger partial charge < -0.3 is 9.64 Å². The van der Waals surface area contributed by atoms with Crippen LogP contribution in [0.2, 0.25) is 0 Å². The van der Waals surface area contributed by atoms with Crippen LogP contribution in [0.4, 0.5) is 5.69 Å². The predicted molar refractivity (Wildman–Crippen MR) is 143 cm³/mol. The molecule has 1 fully saturated rings. The molecule has 5 rings (SSSR count). The highest BCUT2D eigenvalue weighted by molar-refractivity contribution is 7.93. The quantitative estimate of drug-likeness (QED) is 0.399. The van der Waals surface area contributed by atoms with E-state index in [4.69, 9.17) is 4.74 Å². The lowest BCUT2D eigenvalue weighted by Crippen LogP contribution is -2.48. The van der Waals surface area contributed by atoms with Gasteiger partial charge in [-0.3, -0.25) is 19.4 Å². The number of hydrogen-bond donors (Lipinski definition) is 1. The first-order valence-electron chi connectivity index (χ1n) is 12.0. The number of para-hydroxylation sites is 2. The van der Waals surface area contributed by atoms with Crippen LogP contribution in [0, 0.1) is 0 Å². The zero-order valence-corrected chi connectivity index (χ0v) is 21.3. The number of nitrogens with zero attached hydrogens (tertiary/aromatic N) is 3. The molecule has 9 heteroatoms. The molecular formula is C28H28N4O4S. The minimum absolute atomic E-state index is 0.0652. The minimum Gasteiger partial charge on any atom is -0.496 e. The number of carbonyl (C=O) groups excluding carboxylic acids is 1. The van der Waals surface area contributed by atoms with E-state index >= 15 is 0 Å². The second kappa shape index (κ2) is 10.6. The topological polar surface area (TPSA) is 91.8 Å². The van der Waals surface area contributed by atoms with Gasteiger partial charge in [0.05, 0.1) is 12.6 Å². The van der Waals surface area contributed by atoms with Gasteiger partial charge in [-0.2, -0.15) is 0 Å². The van der Waals surface area contributed by atoms with Gasteiger partial charge in [-0.25, -0.2) is 8.42 Å².